The molecule has 0 radical (unpaired) electrons. The third-order valence-electron chi connectivity index (χ3n) is 1.84. The van der Waals surface area contributed by atoms with Crippen LogP contribution in [0.25, 0.3) is 0 Å². The number of aliphatic hydroxyl groups is 1. The van der Waals surface area contributed by atoms with E-state index in [2.05, 4.69) is 14.9 Å². The fourth-order valence-corrected chi connectivity index (χ4v) is 1.40. The van der Waals surface area contributed by atoms with E-state index in [1.807, 2.05) is 12.3 Å². The van der Waals surface area contributed by atoms with E-state index in [4.69, 9.17) is 0 Å². The second-order valence-corrected chi connectivity index (χ2v) is 3.53. The van der Waals surface area contributed by atoms with Crippen LogP contribution < -0.4 is 5.32 Å². The fraction of sp³-hybridized carbons (Fsp3) is 0.750. The lowest BCUT2D eigenvalue weighted by Gasteiger charge is -2.07. The number of rotatable bonds is 6. The summed E-state index contributed by atoms with van der Waals surface area (Å²) >= 11 is 1.36. The lowest BCUT2D eigenvalue weighted by Crippen LogP contribution is -2.19. The molecule has 0 fully saturated rings. The minimum atomic E-state index is -0.180. The molecule has 13 heavy (non-hydrogen) atoms. The summed E-state index contributed by atoms with van der Waals surface area (Å²) in [5, 5.41) is 18.3. The van der Waals surface area contributed by atoms with Crippen LogP contribution in [0.15, 0.2) is 5.38 Å². The molecule has 74 valence electrons. The van der Waals surface area contributed by atoms with Gasteiger partial charge in [-0.2, -0.15) is 0 Å². The number of nitrogens with zero attached hydrogens (tertiary/aromatic N) is 2. The fourth-order valence-electron chi connectivity index (χ4n) is 0.950. The highest BCUT2D eigenvalue weighted by Gasteiger charge is 2.00. The number of aromatic nitrogens is 2. The summed E-state index contributed by atoms with van der Waals surface area (Å²) in [6.07, 6.45) is 1.44. The van der Waals surface area contributed by atoms with Crippen molar-refractivity contribution < 1.29 is 5.11 Å². The Morgan fingerprint density at radius 2 is 2.54 bits per heavy atom. The Balaban J connectivity index is 2.02. The zero-order valence-corrected chi connectivity index (χ0v) is 8.55. The average molecular weight is 201 g/mol. The quantitative estimate of drug-likeness (QED) is 0.668. The molecule has 1 unspecified atom stereocenters. The van der Waals surface area contributed by atoms with Crippen LogP contribution in [0, 0.1) is 0 Å². The zero-order chi connectivity index (χ0) is 9.52. The Morgan fingerprint density at radius 1 is 1.69 bits per heavy atom. The first kappa shape index (κ1) is 10.6. The van der Waals surface area contributed by atoms with E-state index in [-0.39, 0.29) is 6.10 Å². The van der Waals surface area contributed by atoms with Gasteiger partial charge < -0.3 is 10.4 Å². The maximum absolute atomic E-state index is 9.25. The molecule has 0 saturated carbocycles. The van der Waals surface area contributed by atoms with Crippen LogP contribution in [0.3, 0.4) is 0 Å². The van der Waals surface area contributed by atoms with Gasteiger partial charge >= 0.3 is 0 Å². The van der Waals surface area contributed by atoms with Crippen molar-refractivity contribution in [2.45, 2.75) is 32.4 Å². The summed E-state index contributed by atoms with van der Waals surface area (Å²) in [5.41, 5.74) is 0.969. The van der Waals surface area contributed by atoms with Crippen molar-refractivity contribution in [3.63, 3.8) is 0 Å². The molecule has 0 aliphatic rings. The highest BCUT2D eigenvalue weighted by molar-refractivity contribution is 7.03. The molecule has 1 aromatic heterocycles. The Kier molecular flexibility index (Phi) is 4.88. The SMILES string of the molecule is CCC(O)CCNCc1csnn1. The summed E-state index contributed by atoms with van der Waals surface area (Å²) in [6, 6.07) is 0. The van der Waals surface area contributed by atoms with Crippen LogP contribution >= 0.6 is 11.5 Å². The summed E-state index contributed by atoms with van der Waals surface area (Å²) in [4.78, 5) is 0. The van der Waals surface area contributed by atoms with Crippen molar-refractivity contribution in [3.8, 4) is 0 Å². The minimum absolute atomic E-state index is 0.180. The molecule has 0 saturated heterocycles. The van der Waals surface area contributed by atoms with Crippen LogP contribution in [0.2, 0.25) is 0 Å². The molecule has 4 nitrogen and oxygen atoms in total. The molecular weight excluding hydrogens is 186 g/mol. The van der Waals surface area contributed by atoms with Crippen LogP contribution in [0.1, 0.15) is 25.5 Å². The standard InChI is InChI=1S/C8H15N3OS/c1-2-8(12)3-4-9-5-7-6-13-11-10-7/h6,8-9,12H,2-5H2,1H3. The van der Waals surface area contributed by atoms with Crippen molar-refractivity contribution in [1.82, 2.24) is 14.9 Å². The summed E-state index contributed by atoms with van der Waals surface area (Å²) in [6.45, 7) is 3.55. The largest absolute Gasteiger partial charge is 0.393 e. The molecule has 5 heteroatoms. The highest BCUT2D eigenvalue weighted by Crippen LogP contribution is 1.97. The van der Waals surface area contributed by atoms with Crippen molar-refractivity contribution in [3.05, 3.63) is 11.1 Å². The lowest BCUT2D eigenvalue weighted by atomic mass is 10.2. The predicted molar refractivity (Wildman–Crippen MR) is 52.5 cm³/mol. The Labute approximate surface area is 82.2 Å². The normalized spacial score (nSPS) is 13.1. The number of hydrogen-bond acceptors (Lipinski definition) is 5. The third-order valence-corrected chi connectivity index (χ3v) is 2.39. The van der Waals surface area contributed by atoms with E-state index >= 15 is 0 Å². The van der Waals surface area contributed by atoms with E-state index in [0.717, 1.165) is 31.6 Å². The molecule has 0 amide bonds. The van der Waals surface area contributed by atoms with E-state index in [0.29, 0.717) is 0 Å². The minimum Gasteiger partial charge on any atom is -0.393 e. The maximum atomic E-state index is 9.25. The highest BCUT2D eigenvalue weighted by atomic mass is 32.1. The first-order valence-electron chi connectivity index (χ1n) is 4.47. The van der Waals surface area contributed by atoms with Gasteiger partial charge in [-0.15, -0.1) is 5.10 Å². The zero-order valence-electron chi connectivity index (χ0n) is 7.73. The Bertz CT molecular complexity index is 215. The van der Waals surface area contributed by atoms with Gasteiger partial charge in [-0.3, -0.25) is 0 Å². The van der Waals surface area contributed by atoms with Gasteiger partial charge in [0.25, 0.3) is 0 Å². The molecule has 1 heterocycles. The van der Waals surface area contributed by atoms with Crippen LogP contribution in [0.5, 0.6) is 0 Å². The Morgan fingerprint density at radius 3 is 3.15 bits per heavy atom. The molecule has 1 aromatic rings. The second kappa shape index (κ2) is 6.01. The molecule has 0 bridgehead atoms. The summed E-state index contributed by atoms with van der Waals surface area (Å²) in [7, 11) is 0. The van der Waals surface area contributed by atoms with Crippen molar-refractivity contribution in [2.24, 2.45) is 0 Å². The van der Waals surface area contributed by atoms with E-state index < -0.39 is 0 Å². The maximum Gasteiger partial charge on any atom is 0.0893 e. The molecule has 1 rings (SSSR count). The smallest absolute Gasteiger partial charge is 0.0893 e. The lowest BCUT2D eigenvalue weighted by molar-refractivity contribution is 0.159. The third kappa shape index (κ3) is 4.31. The topological polar surface area (TPSA) is 58.0 Å². The number of hydrogen-bond donors (Lipinski definition) is 2. The van der Waals surface area contributed by atoms with Crippen LogP contribution in [-0.4, -0.2) is 27.3 Å². The van der Waals surface area contributed by atoms with Crippen LogP contribution in [-0.2, 0) is 6.54 Å². The van der Waals surface area contributed by atoms with E-state index in [1.54, 1.807) is 0 Å². The van der Waals surface area contributed by atoms with E-state index in [1.165, 1.54) is 11.5 Å². The monoisotopic (exact) mass is 201 g/mol. The van der Waals surface area contributed by atoms with Crippen LogP contribution in [0.4, 0.5) is 0 Å². The summed E-state index contributed by atoms with van der Waals surface area (Å²) in [5.74, 6) is 0. The molecule has 0 aliphatic heterocycles. The van der Waals surface area contributed by atoms with Gasteiger partial charge in [0, 0.05) is 11.9 Å². The molecule has 1 atom stereocenters. The van der Waals surface area contributed by atoms with Gasteiger partial charge in [0.2, 0.25) is 0 Å². The number of nitrogens with one attached hydrogen (secondary N) is 1. The molecule has 0 spiro atoms. The van der Waals surface area contributed by atoms with Gasteiger partial charge in [-0.05, 0) is 30.9 Å². The van der Waals surface area contributed by atoms with Gasteiger partial charge in [0.15, 0.2) is 0 Å². The molecular formula is C8H15N3OS. The molecule has 0 aromatic carbocycles. The molecule has 0 aliphatic carbocycles. The average Bonchev–Trinajstić information content (AvgIpc) is 2.64. The van der Waals surface area contributed by atoms with Gasteiger partial charge in [-0.1, -0.05) is 11.4 Å². The van der Waals surface area contributed by atoms with E-state index in [9.17, 15) is 5.11 Å². The first-order chi connectivity index (χ1) is 6.33. The Hall–Kier alpha value is -0.520. The van der Waals surface area contributed by atoms with Crippen molar-refractivity contribution in [2.75, 3.05) is 6.54 Å². The van der Waals surface area contributed by atoms with Crippen molar-refractivity contribution >= 4 is 11.5 Å². The van der Waals surface area contributed by atoms with Gasteiger partial charge in [-0.25, -0.2) is 0 Å². The van der Waals surface area contributed by atoms with Gasteiger partial charge in [0.05, 0.1) is 11.8 Å². The summed E-state index contributed by atoms with van der Waals surface area (Å²) < 4.78 is 3.75. The second-order valence-electron chi connectivity index (χ2n) is 2.92. The van der Waals surface area contributed by atoms with Gasteiger partial charge in [0.1, 0.15) is 0 Å². The predicted octanol–water partition coefficient (Wildman–Crippen LogP) is 0.789. The first-order valence-corrected chi connectivity index (χ1v) is 5.31. The van der Waals surface area contributed by atoms with Crippen molar-refractivity contribution in [1.29, 1.82) is 0 Å². The number of aliphatic hydroxyl groups excluding tert-OH is 1. The molecule has 2 N–H and O–H groups in total.